The van der Waals surface area contributed by atoms with Crippen molar-refractivity contribution >= 4 is 17.9 Å². The number of benzene rings is 2. The summed E-state index contributed by atoms with van der Waals surface area (Å²) in [6.07, 6.45) is 2.84. The highest BCUT2D eigenvalue weighted by atomic mass is 16.5. The Hall–Kier alpha value is -3.28. The third-order valence-electron chi connectivity index (χ3n) is 2.97. The molecule has 2 aromatic carbocycles. The number of amides is 2. The molecule has 0 bridgehead atoms. The number of phenolic OH excluding ortho intramolecular Hbond substituents is 1. The van der Waals surface area contributed by atoms with E-state index >= 15 is 0 Å². The van der Waals surface area contributed by atoms with Gasteiger partial charge in [-0.05, 0) is 48.0 Å². The van der Waals surface area contributed by atoms with Crippen LogP contribution in [0.5, 0.6) is 11.5 Å². The second kappa shape index (κ2) is 7.65. The van der Waals surface area contributed by atoms with Crippen molar-refractivity contribution in [3.8, 4) is 11.5 Å². The van der Waals surface area contributed by atoms with E-state index in [1.165, 1.54) is 25.3 Å². The number of methoxy groups -OCH3 is 1. The Bertz CT molecular complexity index is 706. The minimum atomic E-state index is -0.472. The molecule has 0 fully saturated rings. The zero-order valence-electron chi connectivity index (χ0n) is 12.4. The van der Waals surface area contributed by atoms with Gasteiger partial charge in [0.2, 0.25) is 0 Å². The smallest absolute Gasteiger partial charge is 0.269 e. The Morgan fingerprint density at radius 2 is 1.65 bits per heavy atom. The van der Waals surface area contributed by atoms with E-state index in [-0.39, 0.29) is 5.75 Å². The van der Waals surface area contributed by atoms with Crippen molar-refractivity contribution in [2.24, 2.45) is 0 Å². The van der Waals surface area contributed by atoms with E-state index in [0.717, 1.165) is 5.56 Å². The first-order chi connectivity index (χ1) is 11.1. The summed E-state index contributed by atoms with van der Waals surface area (Å²) in [4.78, 5) is 23.5. The molecule has 0 spiro atoms. The van der Waals surface area contributed by atoms with Crippen molar-refractivity contribution in [3.63, 3.8) is 0 Å². The molecule has 0 aliphatic heterocycles. The van der Waals surface area contributed by atoms with Gasteiger partial charge in [0.05, 0.1) is 7.11 Å². The molecule has 0 radical (unpaired) electrons. The van der Waals surface area contributed by atoms with E-state index in [2.05, 4.69) is 10.9 Å². The van der Waals surface area contributed by atoms with Gasteiger partial charge in [-0.15, -0.1) is 0 Å². The maximum absolute atomic E-state index is 11.8. The van der Waals surface area contributed by atoms with Crippen LogP contribution in [0.25, 0.3) is 6.08 Å². The average molecular weight is 312 g/mol. The topological polar surface area (TPSA) is 87.7 Å². The van der Waals surface area contributed by atoms with Crippen molar-refractivity contribution in [2.75, 3.05) is 7.11 Å². The quantitative estimate of drug-likeness (QED) is 0.594. The lowest BCUT2D eigenvalue weighted by Gasteiger charge is -2.06. The Morgan fingerprint density at radius 1 is 1.00 bits per heavy atom. The molecule has 2 rings (SSSR count). The van der Waals surface area contributed by atoms with Gasteiger partial charge in [-0.3, -0.25) is 20.4 Å². The summed E-state index contributed by atoms with van der Waals surface area (Å²) in [5.74, 6) is -0.111. The van der Waals surface area contributed by atoms with Gasteiger partial charge >= 0.3 is 0 Å². The summed E-state index contributed by atoms with van der Waals surface area (Å²) >= 11 is 0. The van der Waals surface area contributed by atoms with Crippen LogP contribution in [-0.4, -0.2) is 24.0 Å². The Morgan fingerprint density at radius 3 is 2.26 bits per heavy atom. The van der Waals surface area contributed by atoms with Gasteiger partial charge < -0.3 is 9.84 Å². The number of carbonyl (C=O) groups excluding carboxylic acids is 2. The van der Waals surface area contributed by atoms with Gasteiger partial charge in [0.25, 0.3) is 11.8 Å². The highest BCUT2D eigenvalue weighted by molar-refractivity contribution is 5.97. The first kappa shape index (κ1) is 16.1. The number of ether oxygens (including phenoxy) is 1. The third kappa shape index (κ3) is 4.89. The molecule has 0 aliphatic carbocycles. The normalized spacial score (nSPS) is 10.3. The fourth-order valence-corrected chi connectivity index (χ4v) is 1.73. The Labute approximate surface area is 133 Å². The minimum absolute atomic E-state index is 0.151. The highest BCUT2D eigenvalue weighted by Crippen LogP contribution is 2.11. The van der Waals surface area contributed by atoms with Gasteiger partial charge in [-0.1, -0.05) is 12.1 Å². The first-order valence-electron chi connectivity index (χ1n) is 6.80. The Balaban J connectivity index is 1.85. The predicted molar refractivity (Wildman–Crippen MR) is 85.7 cm³/mol. The van der Waals surface area contributed by atoms with E-state index in [0.29, 0.717) is 11.3 Å². The van der Waals surface area contributed by atoms with Crippen molar-refractivity contribution < 1.29 is 19.4 Å². The molecular weight excluding hydrogens is 296 g/mol. The molecule has 3 N–H and O–H groups in total. The number of phenols is 1. The highest BCUT2D eigenvalue weighted by Gasteiger charge is 2.05. The fourth-order valence-electron chi connectivity index (χ4n) is 1.73. The average Bonchev–Trinajstić information content (AvgIpc) is 2.59. The second-order valence-corrected chi connectivity index (χ2v) is 4.60. The molecule has 0 atom stereocenters. The number of rotatable bonds is 4. The van der Waals surface area contributed by atoms with Crippen molar-refractivity contribution in [2.45, 2.75) is 0 Å². The van der Waals surface area contributed by atoms with Gasteiger partial charge in [0, 0.05) is 11.6 Å². The van der Waals surface area contributed by atoms with Crippen molar-refractivity contribution in [1.82, 2.24) is 10.9 Å². The lowest BCUT2D eigenvalue weighted by Crippen LogP contribution is -2.40. The molecule has 6 heteroatoms. The minimum Gasteiger partial charge on any atom is -0.508 e. The number of nitrogens with one attached hydrogen (secondary N) is 2. The molecule has 0 saturated carbocycles. The fraction of sp³-hybridized carbons (Fsp3) is 0.0588. The van der Waals surface area contributed by atoms with Crippen molar-refractivity contribution in [1.29, 1.82) is 0 Å². The van der Waals surface area contributed by atoms with E-state index in [9.17, 15) is 9.59 Å². The lowest BCUT2D eigenvalue weighted by molar-refractivity contribution is -0.117. The van der Waals surface area contributed by atoms with E-state index in [1.54, 1.807) is 42.5 Å². The largest absolute Gasteiger partial charge is 0.508 e. The summed E-state index contributed by atoms with van der Waals surface area (Å²) in [6.45, 7) is 0. The van der Waals surface area contributed by atoms with Gasteiger partial charge in [-0.2, -0.15) is 0 Å². The molecule has 0 unspecified atom stereocenters. The molecule has 2 amide bonds. The monoisotopic (exact) mass is 312 g/mol. The summed E-state index contributed by atoms with van der Waals surface area (Å²) in [5.41, 5.74) is 5.74. The summed E-state index contributed by atoms with van der Waals surface area (Å²) < 4.78 is 5.00. The van der Waals surface area contributed by atoms with Gasteiger partial charge in [-0.25, -0.2) is 0 Å². The summed E-state index contributed by atoms with van der Waals surface area (Å²) in [6, 6.07) is 12.8. The Kier molecular flexibility index (Phi) is 5.35. The number of carbonyl (C=O) groups is 2. The van der Waals surface area contributed by atoms with Crippen molar-refractivity contribution in [3.05, 3.63) is 65.7 Å². The molecule has 2 aromatic rings. The maximum atomic E-state index is 11.8. The number of hydrogen-bond donors (Lipinski definition) is 3. The van der Waals surface area contributed by atoms with Crippen LogP contribution < -0.4 is 15.6 Å². The zero-order chi connectivity index (χ0) is 16.7. The van der Waals surface area contributed by atoms with E-state index in [1.807, 2.05) is 0 Å². The number of aromatic hydroxyl groups is 1. The zero-order valence-corrected chi connectivity index (χ0v) is 12.4. The van der Waals surface area contributed by atoms with Crippen LogP contribution in [0, 0.1) is 0 Å². The predicted octanol–water partition coefficient (Wildman–Crippen LogP) is 1.88. The van der Waals surface area contributed by atoms with Crippen LogP contribution in [0.3, 0.4) is 0 Å². The standard InChI is InChI=1S/C17H16N2O4/c1-23-15-9-5-13(6-10-15)17(22)19-18-16(21)11-4-12-2-7-14(20)8-3-12/h2-11,20H,1H3,(H,18,21)(H,19,22)/b11-4+. The SMILES string of the molecule is COc1ccc(C(=O)NNC(=O)/C=C/c2ccc(O)cc2)cc1. The first-order valence-corrected chi connectivity index (χ1v) is 6.80. The molecule has 0 aliphatic rings. The molecular formula is C17H16N2O4. The van der Waals surface area contributed by atoms with Gasteiger partial charge in [0.1, 0.15) is 11.5 Å². The third-order valence-corrected chi connectivity index (χ3v) is 2.97. The van der Waals surface area contributed by atoms with Crippen LogP contribution in [0.4, 0.5) is 0 Å². The van der Waals surface area contributed by atoms with E-state index < -0.39 is 11.8 Å². The molecule has 0 saturated heterocycles. The van der Waals surface area contributed by atoms with Gasteiger partial charge in [0.15, 0.2) is 0 Å². The summed E-state index contributed by atoms with van der Waals surface area (Å²) in [7, 11) is 1.54. The van der Waals surface area contributed by atoms with Crippen LogP contribution in [0.2, 0.25) is 0 Å². The summed E-state index contributed by atoms with van der Waals surface area (Å²) in [5, 5.41) is 9.16. The molecule has 23 heavy (non-hydrogen) atoms. The van der Waals surface area contributed by atoms with Crippen LogP contribution in [0.15, 0.2) is 54.6 Å². The molecule has 0 aromatic heterocycles. The second-order valence-electron chi connectivity index (χ2n) is 4.60. The number of hydrazine groups is 1. The maximum Gasteiger partial charge on any atom is 0.269 e. The van der Waals surface area contributed by atoms with Crippen LogP contribution in [-0.2, 0) is 4.79 Å². The lowest BCUT2D eigenvalue weighted by atomic mass is 10.2. The number of hydrogen-bond acceptors (Lipinski definition) is 4. The molecule has 118 valence electrons. The van der Waals surface area contributed by atoms with E-state index in [4.69, 9.17) is 9.84 Å². The molecule has 0 heterocycles. The van der Waals surface area contributed by atoms with Crippen LogP contribution >= 0.6 is 0 Å². The molecule has 6 nitrogen and oxygen atoms in total. The van der Waals surface area contributed by atoms with Crippen LogP contribution in [0.1, 0.15) is 15.9 Å².